The van der Waals surface area contributed by atoms with Crippen molar-refractivity contribution in [2.75, 3.05) is 10.6 Å². The van der Waals surface area contributed by atoms with Crippen LogP contribution in [0.15, 0.2) is 42.6 Å². The van der Waals surface area contributed by atoms with Gasteiger partial charge in [0.2, 0.25) is 0 Å². The maximum Gasteiger partial charge on any atom is 0.413 e. The number of fused-ring (bicyclic) bond motifs is 4. The number of halogens is 3. The summed E-state index contributed by atoms with van der Waals surface area (Å²) in [4.78, 5) is 27.8. The van der Waals surface area contributed by atoms with Crippen LogP contribution >= 0.6 is 0 Å². The van der Waals surface area contributed by atoms with Gasteiger partial charge in [0.15, 0.2) is 11.6 Å². The molecule has 0 saturated heterocycles. The molecule has 1 aliphatic carbocycles. The maximum absolute atomic E-state index is 13.8. The number of nitrogens with zero attached hydrogens (tertiary/aromatic N) is 1. The van der Waals surface area contributed by atoms with E-state index in [0.29, 0.717) is 40.8 Å². The zero-order chi connectivity index (χ0) is 24.3. The third kappa shape index (κ3) is 3.72. The molecule has 3 amide bonds. The van der Waals surface area contributed by atoms with Crippen molar-refractivity contribution >= 4 is 23.6 Å². The van der Waals surface area contributed by atoms with Crippen molar-refractivity contribution in [3.8, 4) is 17.2 Å². The molecule has 3 heterocycles. The van der Waals surface area contributed by atoms with Gasteiger partial charge in [0.05, 0.1) is 23.2 Å². The third-order valence-electron chi connectivity index (χ3n) is 5.92. The van der Waals surface area contributed by atoms with Crippen LogP contribution in [0.1, 0.15) is 17.0 Å². The Morgan fingerprint density at radius 3 is 2.80 bits per heavy atom. The molecule has 12 heteroatoms. The number of hydrogen-bond donors (Lipinski definition) is 3. The number of carbonyl (C=O) groups excluding carboxylic acids is 2. The predicted octanol–water partition coefficient (Wildman–Crippen LogP) is 4.40. The van der Waals surface area contributed by atoms with Crippen molar-refractivity contribution in [2.24, 2.45) is 0 Å². The normalized spacial score (nSPS) is 20.9. The van der Waals surface area contributed by atoms with E-state index in [2.05, 4.69) is 20.9 Å². The first-order chi connectivity index (χ1) is 16.9. The molecule has 3 atom stereocenters. The molecule has 0 bridgehead atoms. The zero-order valence-electron chi connectivity index (χ0n) is 17.6. The topological polar surface area (TPSA) is 111 Å². The SMILES string of the molecule is O=C(Nc1cc(F)c(F)cc1F)NC1C2Oc3ccc(Oc4ccnc5c4COC(=O)N5)cc3C12. The average Bonchev–Trinajstić information content (AvgIpc) is 3.33. The minimum Gasteiger partial charge on any atom is -0.487 e. The molecule has 9 nitrogen and oxygen atoms in total. The number of ether oxygens (including phenoxy) is 3. The van der Waals surface area contributed by atoms with Crippen LogP contribution in [0.3, 0.4) is 0 Å². The molecule has 3 unspecified atom stereocenters. The number of carbonyl (C=O) groups is 2. The first-order valence-corrected chi connectivity index (χ1v) is 10.5. The quantitative estimate of drug-likeness (QED) is 0.474. The van der Waals surface area contributed by atoms with E-state index >= 15 is 0 Å². The van der Waals surface area contributed by atoms with E-state index in [9.17, 15) is 22.8 Å². The lowest BCUT2D eigenvalue weighted by atomic mass is 10.1. The van der Waals surface area contributed by atoms with E-state index in [1.165, 1.54) is 6.20 Å². The van der Waals surface area contributed by atoms with Crippen LogP contribution < -0.4 is 25.4 Å². The van der Waals surface area contributed by atoms with Crippen molar-refractivity contribution in [1.29, 1.82) is 0 Å². The second-order valence-corrected chi connectivity index (χ2v) is 8.12. The van der Waals surface area contributed by atoms with Gasteiger partial charge in [-0.1, -0.05) is 0 Å². The highest BCUT2D eigenvalue weighted by molar-refractivity contribution is 5.90. The lowest BCUT2D eigenvalue weighted by Crippen LogP contribution is -2.34. The Balaban J connectivity index is 1.15. The summed E-state index contributed by atoms with van der Waals surface area (Å²) >= 11 is 0. The molecule has 2 aromatic carbocycles. The Kier molecular flexibility index (Phi) is 4.69. The Labute approximate surface area is 195 Å². The summed E-state index contributed by atoms with van der Waals surface area (Å²) in [5.74, 6) is -1.93. The number of urea groups is 1. The first-order valence-electron chi connectivity index (χ1n) is 10.5. The number of cyclic esters (lactones) is 1. The summed E-state index contributed by atoms with van der Waals surface area (Å²) in [7, 11) is 0. The Morgan fingerprint density at radius 2 is 1.94 bits per heavy atom. The highest BCUT2D eigenvalue weighted by Crippen LogP contribution is 2.54. The van der Waals surface area contributed by atoms with Crippen molar-refractivity contribution in [2.45, 2.75) is 24.7 Å². The average molecular weight is 484 g/mol. The van der Waals surface area contributed by atoms with Gasteiger partial charge in [0, 0.05) is 23.9 Å². The minimum atomic E-state index is -1.35. The molecule has 1 saturated carbocycles. The van der Waals surface area contributed by atoms with Crippen LogP contribution in [0.4, 0.5) is 34.3 Å². The largest absolute Gasteiger partial charge is 0.487 e. The van der Waals surface area contributed by atoms with Crippen LogP contribution in [0.25, 0.3) is 0 Å². The van der Waals surface area contributed by atoms with Gasteiger partial charge in [-0.2, -0.15) is 0 Å². The summed E-state index contributed by atoms with van der Waals surface area (Å²) in [6.07, 6.45) is 0.589. The van der Waals surface area contributed by atoms with Gasteiger partial charge in [-0.3, -0.25) is 5.32 Å². The van der Waals surface area contributed by atoms with Gasteiger partial charge in [0.25, 0.3) is 0 Å². The molecule has 2 aliphatic heterocycles. The molecule has 3 aliphatic rings. The Hall–Kier alpha value is -4.48. The predicted molar refractivity (Wildman–Crippen MR) is 114 cm³/mol. The molecule has 1 fully saturated rings. The number of nitrogens with one attached hydrogen (secondary N) is 3. The highest BCUT2D eigenvalue weighted by Gasteiger charge is 2.59. The van der Waals surface area contributed by atoms with E-state index in [0.717, 1.165) is 5.56 Å². The van der Waals surface area contributed by atoms with Gasteiger partial charge >= 0.3 is 12.1 Å². The van der Waals surface area contributed by atoms with Crippen LogP contribution in [0.5, 0.6) is 17.2 Å². The first kappa shape index (κ1) is 21.1. The van der Waals surface area contributed by atoms with Crippen molar-refractivity contribution in [3.63, 3.8) is 0 Å². The second kappa shape index (κ2) is 7.79. The van der Waals surface area contributed by atoms with Crippen molar-refractivity contribution in [1.82, 2.24) is 10.3 Å². The lowest BCUT2D eigenvalue weighted by Gasteiger charge is -2.19. The Bertz CT molecular complexity index is 1400. The van der Waals surface area contributed by atoms with Gasteiger partial charge in [-0.25, -0.2) is 27.7 Å². The van der Waals surface area contributed by atoms with Crippen LogP contribution in [0.2, 0.25) is 0 Å². The van der Waals surface area contributed by atoms with Crippen LogP contribution in [-0.4, -0.2) is 29.3 Å². The standard InChI is InChI=1S/C23H15F3N4O5/c24-12-6-14(26)15(7-13(12)25)28-22(31)29-19-18-10-5-9(1-2-16(10)35-20(18)19)34-17-3-4-27-21-11(17)8-33-23(32)30-21/h1-7,18-20H,8H2,(H,27,30,32)(H2,28,29,31). The fraction of sp³-hybridized carbons (Fsp3) is 0.174. The maximum atomic E-state index is 13.8. The molecular formula is C23H15F3N4O5. The number of hydrogen-bond acceptors (Lipinski definition) is 6. The molecule has 0 spiro atoms. The summed E-state index contributed by atoms with van der Waals surface area (Å²) in [5, 5.41) is 7.35. The van der Waals surface area contributed by atoms with Crippen LogP contribution in [-0.2, 0) is 11.3 Å². The van der Waals surface area contributed by atoms with Crippen molar-refractivity contribution in [3.05, 3.63) is 71.2 Å². The lowest BCUT2D eigenvalue weighted by molar-refractivity contribution is 0.150. The molecule has 3 N–H and O–H groups in total. The summed E-state index contributed by atoms with van der Waals surface area (Å²) in [6.45, 7) is 0.0166. The summed E-state index contributed by atoms with van der Waals surface area (Å²) in [5.41, 5.74) is 0.920. The number of anilines is 2. The van der Waals surface area contributed by atoms with E-state index in [-0.39, 0.29) is 18.6 Å². The second-order valence-electron chi connectivity index (χ2n) is 8.12. The fourth-order valence-electron chi connectivity index (χ4n) is 4.22. The molecule has 35 heavy (non-hydrogen) atoms. The minimum absolute atomic E-state index is 0.0166. The molecule has 3 aromatic rings. The molecule has 0 radical (unpaired) electrons. The smallest absolute Gasteiger partial charge is 0.413 e. The summed E-state index contributed by atoms with van der Waals surface area (Å²) in [6, 6.07) is 6.65. The highest BCUT2D eigenvalue weighted by atomic mass is 19.2. The Morgan fingerprint density at radius 1 is 1.11 bits per heavy atom. The van der Waals surface area contributed by atoms with Gasteiger partial charge in [0.1, 0.15) is 41.6 Å². The van der Waals surface area contributed by atoms with Crippen molar-refractivity contribution < 1.29 is 37.0 Å². The zero-order valence-corrected chi connectivity index (χ0v) is 17.6. The van der Waals surface area contributed by atoms with Gasteiger partial charge in [-0.05, 0) is 24.3 Å². The van der Waals surface area contributed by atoms with Gasteiger partial charge < -0.3 is 24.8 Å². The molecule has 6 rings (SSSR count). The monoisotopic (exact) mass is 484 g/mol. The molecular weight excluding hydrogens is 469 g/mol. The van der Waals surface area contributed by atoms with E-state index in [1.54, 1.807) is 24.3 Å². The number of aromatic nitrogens is 1. The number of pyridine rings is 1. The van der Waals surface area contributed by atoms with Gasteiger partial charge in [-0.15, -0.1) is 0 Å². The van der Waals surface area contributed by atoms with E-state index in [1.807, 2.05) is 0 Å². The van der Waals surface area contributed by atoms with E-state index < -0.39 is 41.3 Å². The third-order valence-corrected chi connectivity index (χ3v) is 5.92. The summed E-state index contributed by atoms with van der Waals surface area (Å²) < 4.78 is 57.1. The number of rotatable bonds is 4. The fourth-order valence-corrected chi connectivity index (χ4v) is 4.22. The molecule has 178 valence electrons. The number of benzene rings is 2. The van der Waals surface area contributed by atoms with Crippen LogP contribution in [0, 0.1) is 17.5 Å². The molecule has 1 aromatic heterocycles. The van der Waals surface area contributed by atoms with E-state index in [4.69, 9.17) is 14.2 Å². The number of amides is 3.